The Morgan fingerprint density at radius 3 is 2.50 bits per heavy atom. The summed E-state index contributed by atoms with van der Waals surface area (Å²) in [5, 5.41) is 16.0. The monoisotopic (exact) mass is 437 g/mol. The molecule has 2 aromatic heterocycles. The van der Waals surface area contributed by atoms with Crippen LogP contribution >= 0.6 is 0 Å². The molecule has 0 spiro atoms. The number of nitrogens with zero attached hydrogens (tertiary/aromatic N) is 4. The van der Waals surface area contributed by atoms with E-state index in [4.69, 9.17) is 4.74 Å². The number of aromatic nitrogens is 4. The molecular formula is C21H20FN7O3. The van der Waals surface area contributed by atoms with Crippen molar-refractivity contribution in [2.45, 2.75) is 12.8 Å². The van der Waals surface area contributed by atoms with Crippen molar-refractivity contribution in [1.29, 1.82) is 0 Å². The molecule has 10 nitrogen and oxygen atoms in total. The number of nitrogens with one attached hydrogen (secondary N) is 3. The second-order valence-electron chi connectivity index (χ2n) is 7.07. The first-order valence-electron chi connectivity index (χ1n) is 9.82. The minimum absolute atomic E-state index is 0.0384. The van der Waals surface area contributed by atoms with Gasteiger partial charge in [0, 0.05) is 37.5 Å². The molecule has 0 bridgehead atoms. The van der Waals surface area contributed by atoms with Crippen LogP contribution < -0.4 is 20.7 Å². The van der Waals surface area contributed by atoms with Crippen LogP contribution in [-0.2, 0) is 4.79 Å². The Bertz CT molecular complexity index is 1170. The molecule has 0 aliphatic heterocycles. The summed E-state index contributed by atoms with van der Waals surface area (Å²) >= 11 is 0. The van der Waals surface area contributed by atoms with Gasteiger partial charge in [-0.05, 0) is 25.0 Å². The molecule has 0 atom stereocenters. The molecule has 32 heavy (non-hydrogen) atoms. The lowest BCUT2D eigenvalue weighted by atomic mass is 10.1. The van der Waals surface area contributed by atoms with Crippen LogP contribution in [-0.4, -0.2) is 46.1 Å². The summed E-state index contributed by atoms with van der Waals surface area (Å²) in [5.41, 5.74) is 0.698. The van der Waals surface area contributed by atoms with Crippen molar-refractivity contribution < 1.29 is 18.7 Å². The van der Waals surface area contributed by atoms with E-state index in [1.165, 1.54) is 44.8 Å². The molecule has 0 unspecified atom stereocenters. The molecule has 0 saturated heterocycles. The number of halogens is 1. The molecule has 1 aliphatic rings. The van der Waals surface area contributed by atoms with Crippen LogP contribution in [0.25, 0.3) is 11.4 Å². The largest absolute Gasteiger partial charge is 0.494 e. The third kappa shape index (κ3) is 4.46. The van der Waals surface area contributed by atoms with Gasteiger partial charge in [-0.25, -0.2) is 14.4 Å². The lowest BCUT2D eigenvalue weighted by Gasteiger charge is -2.17. The smallest absolute Gasteiger partial charge is 0.273 e. The average Bonchev–Trinajstić information content (AvgIpc) is 3.65. The number of hydrogen-bond donors (Lipinski definition) is 3. The van der Waals surface area contributed by atoms with Crippen LogP contribution in [0.1, 0.15) is 23.3 Å². The predicted molar refractivity (Wildman–Crippen MR) is 114 cm³/mol. The predicted octanol–water partition coefficient (Wildman–Crippen LogP) is 2.53. The van der Waals surface area contributed by atoms with Crippen molar-refractivity contribution in [3.8, 4) is 17.1 Å². The van der Waals surface area contributed by atoms with Gasteiger partial charge in [-0.1, -0.05) is 0 Å². The highest BCUT2D eigenvalue weighted by Gasteiger charge is 2.30. The summed E-state index contributed by atoms with van der Waals surface area (Å²) in [4.78, 5) is 32.7. The van der Waals surface area contributed by atoms with Crippen LogP contribution in [0, 0.1) is 11.7 Å². The fourth-order valence-corrected chi connectivity index (χ4v) is 3.06. The van der Waals surface area contributed by atoms with Gasteiger partial charge >= 0.3 is 0 Å². The van der Waals surface area contributed by atoms with Gasteiger partial charge in [-0.2, -0.15) is 0 Å². The Morgan fingerprint density at radius 1 is 1.09 bits per heavy atom. The molecule has 1 saturated carbocycles. The number of anilines is 3. The summed E-state index contributed by atoms with van der Waals surface area (Å²) in [5.74, 6) is -0.583. The molecule has 0 radical (unpaired) electrons. The first-order chi connectivity index (χ1) is 15.5. The van der Waals surface area contributed by atoms with Gasteiger partial charge in [-0.3, -0.25) is 9.59 Å². The maximum atomic E-state index is 14.5. The van der Waals surface area contributed by atoms with E-state index in [-0.39, 0.29) is 46.3 Å². The summed E-state index contributed by atoms with van der Waals surface area (Å²) in [6, 6.07) is 5.57. The Hall–Kier alpha value is -4.15. The van der Waals surface area contributed by atoms with E-state index in [9.17, 15) is 14.0 Å². The molecule has 3 N–H and O–H groups in total. The molecule has 1 aromatic carbocycles. The van der Waals surface area contributed by atoms with Gasteiger partial charge in [0.05, 0.1) is 24.0 Å². The van der Waals surface area contributed by atoms with E-state index >= 15 is 0 Å². The number of hydrogen-bond acceptors (Lipinski definition) is 8. The number of rotatable bonds is 7. The molecular weight excluding hydrogens is 417 g/mol. The minimum atomic E-state index is -0.568. The van der Waals surface area contributed by atoms with Gasteiger partial charge in [0.1, 0.15) is 5.82 Å². The van der Waals surface area contributed by atoms with Crippen LogP contribution in [0.15, 0.2) is 36.7 Å². The van der Waals surface area contributed by atoms with Gasteiger partial charge in [-0.15, -0.1) is 10.2 Å². The summed E-state index contributed by atoms with van der Waals surface area (Å²) in [6.45, 7) is 0. The van der Waals surface area contributed by atoms with E-state index in [1.54, 1.807) is 6.07 Å². The van der Waals surface area contributed by atoms with Crippen molar-refractivity contribution in [3.05, 3.63) is 48.2 Å². The summed E-state index contributed by atoms with van der Waals surface area (Å²) < 4.78 is 20.0. The van der Waals surface area contributed by atoms with Gasteiger partial charge < -0.3 is 20.7 Å². The number of benzene rings is 1. The zero-order valence-electron chi connectivity index (χ0n) is 17.3. The van der Waals surface area contributed by atoms with Gasteiger partial charge in [0.15, 0.2) is 23.1 Å². The molecule has 164 valence electrons. The topological polar surface area (TPSA) is 131 Å². The van der Waals surface area contributed by atoms with E-state index in [0.717, 1.165) is 12.8 Å². The molecule has 4 rings (SSSR count). The number of carbonyl (C=O) groups excluding carboxylic acids is 2. The first-order valence-corrected chi connectivity index (χ1v) is 9.82. The second-order valence-corrected chi connectivity index (χ2v) is 7.07. The van der Waals surface area contributed by atoms with Crippen LogP contribution in [0.3, 0.4) is 0 Å². The molecule has 2 amide bonds. The van der Waals surface area contributed by atoms with Crippen LogP contribution in [0.5, 0.6) is 5.75 Å². The highest BCUT2D eigenvalue weighted by atomic mass is 19.1. The molecule has 2 heterocycles. The molecule has 1 fully saturated rings. The first kappa shape index (κ1) is 21.1. The van der Waals surface area contributed by atoms with Crippen molar-refractivity contribution >= 4 is 29.0 Å². The Morgan fingerprint density at radius 2 is 1.84 bits per heavy atom. The van der Waals surface area contributed by atoms with E-state index < -0.39 is 11.7 Å². The lowest BCUT2D eigenvalue weighted by Crippen LogP contribution is -2.22. The highest BCUT2D eigenvalue weighted by Crippen LogP contribution is 2.38. The van der Waals surface area contributed by atoms with Crippen LogP contribution in [0.4, 0.5) is 21.6 Å². The van der Waals surface area contributed by atoms with Crippen molar-refractivity contribution in [2.24, 2.45) is 5.92 Å². The van der Waals surface area contributed by atoms with Crippen molar-refractivity contribution in [2.75, 3.05) is 24.8 Å². The number of carbonyl (C=O) groups is 2. The lowest BCUT2D eigenvalue weighted by molar-refractivity contribution is -0.117. The third-order valence-corrected chi connectivity index (χ3v) is 4.77. The number of ether oxygens (including phenoxy) is 1. The fraction of sp³-hybridized carbons (Fsp3) is 0.238. The van der Waals surface area contributed by atoms with Crippen LogP contribution in [0.2, 0.25) is 0 Å². The van der Waals surface area contributed by atoms with Gasteiger partial charge in [0.2, 0.25) is 5.91 Å². The quantitative estimate of drug-likeness (QED) is 0.514. The average molecular weight is 437 g/mol. The normalized spacial score (nSPS) is 12.7. The van der Waals surface area contributed by atoms with E-state index in [1.807, 2.05) is 0 Å². The Balaban J connectivity index is 1.75. The van der Waals surface area contributed by atoms with E-state index in [2.05, 4.69) is 36.1 Å². The fourth-order valence-electron chi connectivity index (χ4n) is 3.06. The minimum Gasteiger partial charge on any atom is -0.494 e. The second kappa shape index (κ2) is 8.92. The zero-order valence-corrected chi connectivity index (χ0v) is 17.3. The standard InChI is InChI=1S/C21H20FN7O3/c1-23-21(31)17-14(10-16(28-29-17)27-20(30)11-4-5-11)26-15-9-12(22)8-13(18(15)32-2)19-24-6-3-7-25-19/h3,6-11H,4-5H2,1-2H3,(H,23,31)(H2,26,27,28,30). The van der Waals surface area contributed by atoms with Crippen molar-refractivity contribution in [1.82, 2.24) is 25.5 Å². The molecule has 1 aliphatic carbocycles. The van der Waals surface area contributed by atoms with Gasteiger partial charge in [0.25, 0.3) is 5.91 Å². The Kier molecular flexibility index (Phi) is 5.88. The number of methoxy groups -OCH3 is 1. The maximum absolute atomic E-state index is 14.5. The third-order valence-electron chi connectivity index (χ3n) is 4.77. The summed E-state index contributed by atoms with van der Waals surface area (Å²) in [6.07, 6.45) is 4.72. The van der Waals surface area contributed by atoms with E-state index in [0.29, 0.717) is 5.56 Å². The Labute approximate surface area is 182 Å². The SMILES string of the molecule is CNC(=O)c1nnc(NC(=O)C2CC2)cc1Nc1cc(F)cc(-c2ncccn2)c1OC. The maximum Gasteiger partial charge on any atom is 0.273 e. The molecule has 11 heteroatoms. The van der Waals surface area contributed by atoms with Crippen molar-refractivity contribution in [3.63, 3.8) is 0 Å². The highest BCUT2D eigenvalue weighted by molar-refractivity contribution is 6.00. The summed E-state index contributed by atoms with van der Waals surface area (Å²) in [7, 11) is 2.88. The molecule has 3 aromatic rings. The number of amides is 2. The zero-order chi connectivity index (χ0) is 22.7.